The van der Waals surface area contributed by atoms with E-state index in [9.17, 15) is 9.59 Å². The third-order valence-electron chi connectivity index (χ3n) is 3.18. The minimum Gasteiger partial charge on any atom is -0.495 e. The van der Waals surface area contributed by atoms with Gasteiger partial charge in [0.1, 0.15) is 10.6 Å². The van der Waals surface area contributed by atoms with Crippen LogP contribution in [-0.4, -0.2) is 41.6 Å². The minimum atomic E-state index is -0.878. The second-order valence-corrected chi connectivity index (χ2v) is 5.66. The molecule has 6 heteroatoms. The molecule has 1 saturated carbocycles. The zero-order valence-corrected chi connectivity index (χ0v) is 11.8. The first kappa shape index (κ1) is 13.9. The second-order valence-electron chi connectivity index (χ2n) is 4.75. The number of methoxy groups -OCH3 is 1. The zero-order chi connectivity index (χ0) is 14.0. The fraction of sp³-hybridized carbons (Fsp3) is 0.538. The number of aliphatic carboxylic acids is 1. The summed E-state index contributed by atoms with van der Waals surface area (Å²) in [6.45, 7) is 1.87. The quantitative estimate of drug-likeness (QED) is 0.868. The number of hydrogen-bond donors (Lipinski definition) is 1. The van der Waals surface area contributed by atoms with Gasteiger partial charge in [0.05, 0.1) is 13.0 Å². The van der Waals surface area contributed by atoms with Gasteiger partial charge in [0.25, 0.3) is 5.91 Å². The first-order valence-electron chi connectivity index (χ1n) is 6.19. The van der Waals surface area contributed by atoms with Gasteiger partial charge >= 0.3 is 5.97 Å². The summed E-state index contributed by atoms with van der Waals surface area (Å²) in [5, 5.41) is 10.8. The molecule has 1 aliphatic rings. The third-order valence-corrected chi connectivity index (χ3v) is 4.07. The van der Waals surface area contributed by atoms with E-state index < -0.39 is 11.9 Å². The largest absolute Gasteiger partial charge is 0.495 e. The molecule has 19 heavy (non-hydrogen) atoms. The van der Waals surface area contributed by atoms with Crippen molar-refractivity contribution in [1.29, 1.82) is 0 Å². The average molecular weight is 283 g/mol. The van der Waals surface area contributed by atoms with Gasteiger partial charge in [0, 0.05) is 12.6 Å². The molecule has 0 bridgehead atoms. The van der Waals surface area contributed by atoms with Gasteiger partial charge in [0.2, 0.25) is 0 Å². The lowest BCUT2D eigenvalue weighted by Crippen LogP contribution is -2.38. The lowest BCUT2D eigenvalue weighted by atomic mass is 10.1. The Kier molecular flexibility index (Phi) is 4.09. The van der Waals surface area contributed by atoms with Gasteiger partial charge < -0.3 is 14.7 Å². The summed E-state index contributed by atoms with van der Waals surface area (Å²) >= 11 is 1.33. The van der Waals surface area contributed by atoms with Gasteiger partial charge in [0.15, 0.2) is 0 Å². The smallest absolute Gasteiger partial charge is 0.308 e. The Hall–Kier alpha value is -1.56. The van der Waals surface area contributed by atoms with Crippen molar-refractivity contribution in [3.8, 4) is 5.75 Å². The van der Waals surface area contributed by atoms with E-state index in [4.69, 9.17) is 9.84 Å². The summed E-state index contributed by atoms with van der Waals surface area (Å²) in [4.78, 5) is 25.7. The van der Waals surface area contributed by atoms with Gasteiger partial charge in [-0.3, -0.25) is 9.59 Å². The van der Waals surface area contributed by atoms with Crippen LogP contribution in [0.15, 0.2) is 11.4 Å². The molecule has 1 aromatic heterocycles. The van der Waals surface area contributed by atoms with Crippen molar-refractivity contribution in [2.45, 2.75) is 25.8 Å². The molecule has 0 aromatic carbocycles. The number of ether oxygens (including phenoxy) is 1. The van der Waals surface area contributed by atoms with E-state index in [1.807, 2.05) is 0 Å². The van der Waals surface area contributed by atoms with E-state index >= 15 is 0 Å². The fourth-order valence-corrected chi connectivity index (χ4v) is 2.72. The maximum atomic E-state index is 12.5. The molecule has 5 nitrogen and oxygen atoms in total. The normalized spacial score (nSPS) is 15.9. The number of carbonyl (C=O) groups excluding carboxylic acids is 1. The Bertz CT molecular complexity index is 481. The maximum Gasteiger partial charge on any atom is 0.308 e. The molecule has 2 rings (SSSR count). The molecule has 1 aliphatic carbocycles. The van der Waals surface area contributed by atoms with E-state index in [1.54, 1.807) is 23.3 Å². The molecule has 1 amide bonds. The SMILES string of the molecule is COc1ccsc1C(=O)N(CC(C)C(=O)O)C1CC1. The van der Waals surface area contributed by atoms with Crippen molar-refractivity contribution in [1.82, 2.24) is 4.90 Å². The molecule has 1 N–H and O–H groups in total. The molecule has 0 saturated heterocycles. The number of rotatable bonds is 6. The van der Waals surface area contributed by atoms with Crippen LogP contribution in [-0.2, 0) is 4.79 Å². The van der Waals surface area contributed by atoms with Gasteiger partial charge in [-0.05, 0) is 24.3 Å². The Morgan fingerprint density at radius 1 is 1.58 bits per heavy atom. The zero-order valence-electron chi connectivity index (χ0n) is 11.0. The van der Waals surface area contributed by atoms with E-state index in [1.165, 1.54) is 18.4 Å². The summed E-state index contributed by atoms with van der Waals surface area (Å²) in [5.74, 6) is -1.00. The number of thiophene rings is 1. The molecule has 1 fully saturated rings. The summed E-state index contributed by atoms with van der Waals surface area (Å²) in [7, 11) is 1.53. The van der Waals surface area contributed by atoms with E-state index in [-0.39, 0.29) is 18.5 Å². The minimum absolute atomic E-state index is 0.123. The van der Waals surface area contributed by atoms with Gasteiger partial charge in [-0.25, -0.2) is 0 Å². The van der Waals surface area contributed by atoms with Crippen LogP contribution in [0.3, 0.4) is 0 Å². The fourth-order valence-electron chi connectivity index (χ4n) is 1.90. The van der Waals surface area contributed by atoms with Crippen molar-refractivity contribution in [3.05, 3.63) is 16.3 Å². The highest BCUT2D eigenvalue weighted by Gasteiger charge is 2.36. The van der Waals surface area contributed by atoms with Gasteiger partial charge in [-0.15, -0.1) is 11.3 Å². The third kappa shape index (κ3) is 3.07. The molecular formula is C13H17NO4S. The van der Waals surface area contributed by atoms with Crippen molar-refractivity contribution in [2.75, 3.05) is 13.7 Å². The Labute approximate surface area is 115 Å². The molecule has 104 valence electrons. The van der Waals surface area contributed by atoms with Crippen molar-refractivity contribution >= 4 is 23.2 Å². The first-order valence-corrected chi connectivity index (χ1v) is 7.07. The molecule has 1 heterocycles. The number of carboxylic acids is 1. The summed E-state index contributed by atoms with van der Waals surface area (Å²) in [5.41, 5.74) is 0. The molecule has 0 spiro atoms. The lowest BCUT2D eigenvalue weighted by molar-refractivity contribution is -0.141. The van der Waals surface area contributed by atoms with Crippen LogP contribution in [0.1, 0.15) is 29.4 Å². The van der Waals surface area contributed by atoms with E-state index in [2.05, 4.69) is 0 Å². The standard InChI is InChI=1S/C13H17NO4S/c1-8(13(16)17)7-14(9-3-4-9)12(15)11-10(18-2)5-6-19-11/h5-6,8-9H,3-4,7H2,1-2H3,(H,16,17). The number of hydrogen-bond acceptors (Lipinski definition) is 4. The van der Waals surface area contributed by atoms with Crippen LogP contribution in [0, 0.1) is 5.92 Å². The average Bonchev–Trinajstić information content (AvgIpc) is 3.11. The molecule has 0 aliphatic heterocycles. The highest BCUT2D eigenvalue weighted by atomic mass is 32.1. The molecule has 1 unspecified atom stereocenters. The van der Waals surface area contributed by atoms with Crippen LogP contribution in [0.4, 0.5) is 0 Å². The first-order chi connectivity index (χ1) is 9.04. The molecule has 1 atom stereocenters. The summed E-state index contributed by atoms with van der Waals surface area (Å²) in [6, 6.07) is 1.94. The van der Waals surface area contributed by atoms with Gasteiger partial charge in [-0.1, -0.05) is 6.92 Å². The highest BCUT2D eigenvalue weighted by molar-refractivity contribution is 7.12. The number of carbonyl (C=O) groups is 2. The lowest BCUT2D eigenvalue weighted by Gasteiger charge is -2.24. The topological polar surface area (TPSA) is 66.8 Å². The highest BCUT2D eigenvalue weighted by Crippen LogP contribution is 2.33. The van der Waals surface area contributed by atoms with Crippen LogP contribution in [0.25, 0.3) is 0 Å². The van der Waals surface area contributed by atoms with Crippen molar-refractivity contribution in [3.63, 3.8) is 0 Å². The second kappa shape index (κ2) is 5.61. The Balaban J connectivity index is 2.15. The van der Waals surface area contributed by atoms with Crippen molar-refractivity contribution < 1.29 is 19.4 Å². The number of amides is 1. The molecule has 1 aromatic rings. The van der Waals surface area contributed by atoms with Crippen LogP contribution in [0.2, 0.25) is 0 Å². The van der Waals surface area contributed by atoms with Crippen LogP contribution >= 0.6 is 11.3 Å². The molecular weight excluding hydrogens is 266 g/mol. The van der Waals surface area contributed by atoms with Crippen LogP contribution in [0.5, 0.6) is 5.75 Å². The summed E-state index contributed by atoms with van der Waals surface area (Å²) < 4.78 is 5.16. The number of nitrogens with zero attached hydrogens (tertiary/aromatic N) is 1. The van der Waals surface area contributed by atoms with Crippen LogP contribution < -0.4 is 4.74 Å². The maximum absolute atomic E-state index is 12.5. The predicted molar refractivity (Wildman–Crippen MR) is 71.7 cm³/mol. The van der Waals surface area contributed by atoms with E-state index in [0.717, 1.165) is 12.8 Å². The predicted octanol–water partition coefficient (Wildman–Crippen LogP) is 2.08. The van der Waals surface area contributed by atoms with Crippen molar-refractivity contribution in [2.24, 2.45) is 5.92 Å². The Morgan fingerprint density at radius 2 is 2.26 bits per heavy atom. The van der Waals surface area contributed by atoms with Gasteiger partial charge in [-0.2, -0.15) is 0 Å². The number of carboxylic acid groups (broad SMARTS) is 1. The Morgan fingerprint density at radius 3 is 2.79 bits per heavy atom. The summed E-state index contributed by atoms with van der Waals surface area (Å²) in [6.07, 6.45) is 1.90. The van der Waals surface area contributed by atoms with E-state index in [0.29, 0.717) is 10.6 Å². The monoisotopic (exact) mass is 283 g/mol. The molecule has 0 radical (unpaired) electrons.